The lowest BCUT2D eigenvalue weighted by atomic mass is 10.1. The SMILES string of the molecule is CC(C)C1=NCC(N2CCC(Oc3ccnc4c(-c5ccc(S(C)(=O)=O)cc5F)cnn34)CC2)=N1. The molecule has 5 rings (SSSR count). The zero-order chi connectivity index (χ0) is 24.7. The summed E-state index contributed by atoms with van der Waals surface area (Å²) in [6.45, 7) is 6.50. The maximum absolute atomic E-state index is 14.8. The van der Waals surface area contributed by atoms with Gasteiger partial charge in [0.2, 0.25) is 5.88 Å². The molecular weight excluding hydrogens is 471 g/mol. The second-order valence-corrected chi connectivity index (χ2v) is 11.2. The summed E-state index contributed by atoms with van der Waals surface area (Å²) in [5, 5.41) is 4.38. The molecular formula is C24H27FN6O3S. The molecule has 1 aromatic carbocycles. The number of rotatable bonds is 5. The van der Waals surface area contributed by atoms with E-state index in [1.165, 1.54) is 18.3 Å². The first-order valence-electron chi connectivity index (χ1n) is 11.6. The molecule has 0 unspecified atom stereocenters. The first-order valence-corrected chi connectivity index (χ1v) is 13.5. The zero-order valence-corrected chi connectivity index (χ0v) is 20.7. The number of benzene rings is 1. The number of aliphatic imine (C=N–C) groups is 2. The van der Waals surface area contributed by atoms with Gasteiger partial charge in [-0.05, 0) is 18.2 Å². The summed E-state index contributed by atoms with van der Waals surface area (Å²) in [5.74, 6) is 2.14. The number of fused-ring (bicyclic) bond motifs is 1. The average Bonchev–Trinajstić information content (AvgIpc) is 3.47. The molecule has 0 spiro atoms. The van der Waals surface area contributed by atoms with Crippen LogP contribution in [0.1, 0.15) is 26.7 Å². The van der Waals surface area contributed by atoms with E-state index in [1.807, 2.05) is 0 Å². The molecule has 1 fully saturated rings. The van der Waals surface area contributed by atoms with Gasteiger partial charge in [-0.2, -0.15) is 9.61 Å². The number of halogens is 1. The Bertz CT molecular complexity index is 1440. The minimum atomic E-state index is -3.51. The summed E-state index contributed by atoms with van der Waals surface area (Å²) in [5.41, 5.74) is 1.12. The van der Waals surface area contributed by atoms with Gasteiger partial charge in [0.1, 0.15) is 23.6 Å². The van der Waals surface area contributed by atoms with E-state index in [0.29, 0.717) is 29.6 Å². The van der Waals surface area contributed by atoms with Crippen LogP contribution < -0.4 is 4.74 Å². The van der Waals surface area contributed by atoms with Gasteiger partial charge in [0, 0.05) is 61.5 Å². The van der Waals surface area contributed by atoms with Crippen LogP contribution in [0, 0.1) is 11.7 Å². The number of ether oxygens (including phenoxy) is 1. The highest BCUT2D eigenvalue weighted by molar-refractivity contribution is 7.90. The lowest BCUT2D eigenvalue weighted by Gasteiger charge is -2.33. The number of likely N-dealkylation sites (tertiary alicyclic amines) is 1. The van der Waals surface area contributed by atoms with Crippen LogP contribution in [-0.4, -0.2) is 71.6 Å². The minimum Gasteiger partial charge on any atom is -0.474 e. The Morgan fingerprint density at radius 1 is 1.14 bits per heavy atom. The molecule has 0 saturated carbocycles. The number of piperidine rings is 1. The van der Waals surface area contributed by atoms with Crippen LogP contribution >= 0.6 is 0 Å². The van der Waals surface area contributed by atoms with Crippen molar-refractivity contribution < 1.29 is 17.5 Å². The maximum Gasteiger partial charge on any atom is 0.218 e. The van der Waals surface area contributed by atoms with E-state index >= 15 is 0 Å². The van der Waals surface area contributed by atoms with Crippen molar-refractivity contribution in [3.8, 4) is 17.0 Å². The van der Waals surface area contributed by atoms with Crippen molar-refractivity contribution in [3.63, 3.8) is 0 Å². The van der Waals surface area contributed by atoms with Gasteiger partial charge in [0.25, 0.3) is 0 Å². The van der Waals surface area contributed by atoms with Gasteiger partial charge in [0.15, 0.2) is 15.5 Å². The quantitative estimate of drug-likeness (QED) is 0.535. The first kappa shape index (κ1) is 23.4. The van der Waals surface area contributed by atoms with Crippen LogP contribution in [0.5, 0.6) is 5.88 Å². The number of hydrogen-bond acceptors (Lipinski definition) is 8. The second kappa shape index (κ2) is 9.03. The first-order chi connectivity index (χ1) is 16.7. The highest BCUT2D eigenvalue weighted by atomic mass is 32.2. The molecule has 0 N–H and O–H groups in total. The Balaban J connectivity index is 1.31. The molecule has 0 bridgehead atoms. The van der Waals surface area contributed by atoms with Crippen LogP contribution in [0.2, 0.25) is 0 Å². The molecule has 2 aromatic heterocycles. The average molecular weight is 499 g/mol. The number of aromatic nitrogens is 3. The lowest BCUT2D eigenvalue weighted by molar-refractivity contribution is 0.123. The maximum atomic E-state index is 14.8. The summed E-state index contributed by atoms with van der Waals surface area (Å²) in [7, 11) is -3.51. The molecule has 0 radical (unpaired) electrons. The Hall–Kier alpha value is -3.34. The predicted molar refractivity (Wildman–Crippen MR) is 131 cm³/mol. The van der Waals surface area contributed by atoms with Gasteiger partial charge >= 0.3 is 0 Å². The lowest BCUT2D eigenvalue weighted by Crippen LogP contribution is -2.42. The number of hydrogen-bond donors (Lipinski definition) is 0. The highest BCUT2D eigenvalue weighted by Crippen LogP contribution is 2.30. The largest absolute Gasteiger partial charge is 0.474 e. The van der Waals surface area contributed by atoms with E-state index in [1.54, 1.807) is 16.8 Å². The summed E-state index contributed by atoms with van der Waals surface area (Å²) >= 11 is 0. The van der Waals surface area contributed by atoms with Gasteiger partial charge in [-0.15, -0.1) is 0 Å². The smallest absolute Gasteiger partial charge is 0.218 e. The van der Waals surface area contributed by atoms with E-state index < -0.39 is 15.7 Å². The Morgan fingerprint density at radius 3 is 2.57 bits per heavy atom. The molecule has 11 heteroatoms. The third kappa shape index (κ3) is 4.64. The number of amidine groups is 2. The van der Waals surface area contributed by atoms with Crippen LogP contribution in [0.3, 0.4) is 0 Å². The normalized spacial score (nSPS) is 17.2. The van der Waals surface area contributed by atoms with E-state index in [9.17, 15) is 12.8 Å². The molecule has 35 heavy (non-hydrogen) atoms. The van der Waals surface area contributed by atoms with Crippen molar-refractivity contribution in [1.82, 2.24) is 19.5 Å². The fourth-order valence-electron chi connectivity index (χ4n) is 4.33. The van der Waals surface area contributed by atoms with Gasteiger partial charge in [0.05, 0.1) is 17.6 Å². The van der Waals surface area contributed by atoms with Gasteiger partial charge < -0.3 is 9.64 Å². The Kier molecular flexibility index (Phi) is 6.04. The van der Waals surface area contributed by atoms with Crippen molar-refractivity contribution >= 4 is 27.2 Å². The van der Waals surface area contributed by atoms with Crippen molar-refractivity contribution in [2.24, 2.45) is 15.9 Å². The molecule has 3 aromatic rings. The molecule has 0 aliphatic carbocycles. The van der Waals surface area contributed by atoms with Gasteiger partial charge in [-0.1, -0.05) is 13.8 Å². The third-order valence-corrected chi connectivity index (χ3v) is 7.37. The molecule has 1 saturated heterocycles. The Morgan fingerprint density at radius 2 is 1.91 bits per heavy atom. The molecule has 9 nitrogen and oxygen atoms in total. The minimum absolute atomic E-state index is 0.00257. The molecule has 2 aliphatic heterocycles. The topological polar surface area (TPSA) is 102 Å². The van der Waals surface area contributed by atoms with Crippen molar-refractivity contribution in [2.45, 2.75) is 37.7 Å². The van der Waals surface area contributed by atoms with Crippen molar-refractivity contribution in [3.05, 3.63) is 42.5 Å². The van der Waals surface area contributed by atoms with Crippen molar-refractivity contribution in [1.29, 1.82) is 0 Å². The molecule has 0 atom stereocenters. The summed E-state index contributed by atoms with van der Waals surface area (Å²) in [6.07, 6.45) is 5.82. The number of sulfone groups is 1. The standard InChI is InChI=1S/C24H27FN6O3S/c1-15(2)23-27-14-21(29-23)30-10-7-16(8-11-30)34-22-6-9-26-24-19(13-28-31(22)24)18-5-4-17(12-20(18)25)35(3,32)33/h4-6,9,12-13,15-16H,7-8,10-11,14H2,1-3H3. The van der Waals surface area contributed by atoms with E-state index in [2.05, 4.69) is 38.8 Å². The van der Waals surface area contributed by atoms with E-state index in [0.717, 1.165) is 49.9 Å². The van der Waals surface area contributed by atoms with Crippen LogP contribution in [0.4, 0.5) is 4.39 Å². The number of nitrogens with zero attached hydrogens (tertiary/aromatic N) is 6. The predicted octanol–water partition coefficient (Wildman–Crippen LogP) is 3.25. The van der Waals surface area contributed by atoms with E-state index in [-0.39, 0.29) is 16.6 Å². The third-order valence-electron chi connectivity index (χ3n) is 6.26. The van der Waals surface area contributed by atoms with Gasteiger partial charge in [-0.25, -0.2) is 22.8 Å². The molecule has 0 amide bonds. The van der Waals surface area contributed by atoms with Crippen LogP contribution in [0.15, 0.2) is 51.5 Å². The molecule has 4 heterocycles. The summed E-state index contributed by atoms with van der Waals surface area (Å²) in [4.78, 5) is 15.8. The Labute approximate surface area is 203 Å². The fourth-order valence-corrected chi connectivity index (χ4v) is 4.97. The summed E-state index contributed by atoms with van der Waals surface area (Å²) < 4.78 is 46.1. The monoisotopic (exact) mass is 498 g/mol. The fraction of sp³-hybridized carbons (Fsp3) is 0.417. The second-order valence-electron chi connectivity index (χ2n) is 9.15. The zero-order valence-electron chi connectivity index (χ0n) is 19.8. The van der Waals surface area contributed by atoms with Crippen LogP contribution in [0.25, 0.3) is 16.8 Å². The van der Waals surface area contributed by atoms with E-state index in [4.69, 9.17) is 4.74 Å². The molecule has 184 valence electrons. The molecule has 2 aliphatic rings. The van der Waals surface area contributed by atoms with Crippen LogP contribution in [-0.2, 0) is 9.84 Å². The van der Waals surface area contributed by atoms with Crippen molar-refractivity contribution in [2.75, 3.05) is 25.9 Å². The van der Waals surface area contributed by atoms with Gasteiger partial charge in [-0.3, -0.25) is 4.99 Å². The highest BCUT2D eigenvalue weighted by Gasteiger charge is 2.26. The summed E-state index contributed by atoms with van der Waals surface area (Å²) in [6, 6.07) is 5.58.